The van der Waals surface area contributed by atoms with Crippen LogP contribution >= 0.6 is 0 Å². The molecule has 1 aromatic carbocycles. The van der Waals surface area contributed by atoms with Crippen LogP contribution in [-0.2, 0) is 6.54 Å². The number of hydrogen-bond donors (Lipinski definition) is 0. The van der Waals surface area contributed by atoms with Crippen LogP contribution in [0.25, 0.3) is 0 Å². The van der Waals surface area contributed by atoms with Crippen molar-refractivity contribution in [3.05, 3.63) is 35.4 Å². The molecule has 0 spiro atoms. The molecule has 1 unspecified atom stereocenters. The lowest BCUT2D eigenvalue weighted by atomic mass is 10.1. The highest BCUT2D eigenvalue weighted by Gasteiger charge is 2.20. The van der Waals surface area contributed by atoms with E-state index in [2.05, 4.69) is 5.32 Å². The second kappa shape index (κ2) is 2.06. The molecule has 2 rings (SSSR count). The molecular formula is C8H7FN. The van der Waals surface area contributed by atoms with E-state index in [1.165, 1.54) is 0 Å². The lowest BCUT2D eigenvalue weighted by Crippen LogP contribution is -1.95. The minimum atomic E-state index is -1.07. The molecule has 0 bridgehead atoms. The third-order valence-corrected chi connectivity index (χ3v) is 1.73. The van der Waals surface area contributed by atoms with Crippen molar-refractivity contribution in [1.29, 1.82) is 0 Å². The summed E-state index contributed by atoms with van der Waals surface area (Å²) in [5.74, 6) is 0. The SMILES string of the molecule is FC1[N]Cc2ccccc21. The van der Waals surface area contributed by atoms with Crippen LogP contribution in [0.2, 0.25) is 0 Å². The van der Waals surface area contributed by atoms with Crippen molar-refractivity contribution < 1.29 is 4.39 Å². The minimum Gasteiger partial charge on any atom is -0.223 e. The fraction of sp³-hybridized carbons (Fsp3) is 0.250. The fourth-order valence-corrected chi connectivity index (χ4v) is 1.19. The standard InChI is InChI=1S/C8H7FN/c9-8-7-4-2-1-3-6(7)5-10-8/h1-4,8H,5H2. The average molecular weight is 136 g/mol. The zero-order chi connectivity index (χ0) is 6.97. The summed E-state index contributed by atoms with van der Waals surface area (Å²) in [6.45, 7) is 0.539. The largest absolute Gasteiger partial charge is 0.223 e. The van der Waals surface area contributed by atoms with Crippen LogP contribution < -0.4 is 5.32 Å². The van der Waals surface area contributed by atoms with Gasteiger partial charge in [0.2, 0.25) is 0 Å². The highest BCUT2D eigenvalue weighted by molar-refractivity contribution is 5.31. The van der Waals surface area contributed by atoms with Gasteiger partial charge >= 0.3 is 0 Å². The molecule has 1 radical (unpaired) electrons. The number of hydrogen-bond acceptors (Lipinski definition) is 0. The summed E-state index contributed by atoms with van der Waals surface area (Å²) >= 11 is 0. The van der Waals surface area contributed by atoms with E-state index in [9.17, 15) is 4.39 Å². The molecule has 0 saturated heterocycles. The van der Waals surface area contributed by atoms with E-state index in [0.29, 0.717) is 6.54 Å². The molecule has 0 aromatic heterocycles. The Kier molecular flexibility index (Phi) is 1.21. The van der Waals surface area contributed by atoms with Crippen molar-refractivity contribution >= 4 is 0 Å². The van der Waals surface area contributed by atoms with Crippen LogP contribution in [0.4, 0.5) is 4.39 Å². The Morgan fingerprint density at radius 2 is 2.20 bits per heavy atom. The minimum absolute atomic E-state index is 0.539. The van der Waals surface area contributed by atoms with Crippen molar-refractivity contribution in [3.8, 4) is 0 Å². The Labute approximate surface area is 58.9 Å². The second-order valence-corrected chi connectivity index (χ2v) is 2.38. The zero-order valence-electron chi connectivity index (χ0n) is 5.42. The maximum atomic E-state index is 12.7. The van der Waals surface area contributed by atoms with E-state index in [-0.39, 0.29) is 0 Å². The Hall–Kier alpha value is -0.890. The first-order chi connectivity index (χ1) is 4.88. The lowest BCUT2D eigenvalue weighted by Gasteiger charge is -1.96. The molecule has 1 nitrogen and oxygen atoms in total. The third-order valence-electron chi connectivity index (χ3n) is 1.73. The highest BCUT2D eigenvalue weighted by Crippen LogP contribution is 2.26. The van der Waals surface area contributed by atoms with E-state index in [1.54, 1.807) is 6.07 Å². The topological polar surface area (TPSA) is 14.1 Å². The lowest BCUT2D eigenvalue weighted by molar-refractivity contribution is 0.295. The molecular weight excluding hydrogens is 129 g/mol. The Morgan fingerprint density at radius 1 is 1.40 bits per heavy atom. The predicted octanol–water partition coefficient (Wildman–Crippen LogP) is 1.77. The van der Waals surface area contributed by atoms with Crippen LogP contribution in [0.1, 0.15) is 17.4 Å². The number of nitrogens with zero attached hydrogens (tertiary/aromatic N) is 1. The molecule has 2 heteroatoms. The summed E-state index contributed by atoms with van der Waals surface area (Å²) in [7, 11) is 0. The first-order valence-electron chi connectivity index (χ1n) is 3.26. The molecule has 1 aliphatic rings. The van der Waals surface area contributed by atoms with Crippen LogP contribution in [-0.4, -0.2) is 0 Å². The Bertz CT molecular complexity index is 247. The van der Waals surface area contributed by atoms with Crippen LogP contribution in [0.5, 0.6) is 0 Å². The molecule has 0 N–H and O–H groups in total. The van der Waals surface area contributed by atoms with Gasteiger partial charge in [-0.25, -0.2) is 4.39 Å². The quantitative estimate of drug-likeness (QED) is 0.482. The first-order valence-corrected chi connectivity index (χ1v) is 3.26. The maximum absolute atomic E-state index is 12.7. The van der Waals surface area contributed by atoms with E-state index in [1.807, 2.05) is 18.2 Å². The summed E-state index contributed by atoms with van der Waals surface area (Å²) in [5, 5.41) is 3.74. The van der Waals surface area contributed by atoms with Crippen molar-refractivity contribution in [3.63, 3.8) is 0 Å². The van der Waals surface area contributed by atoms with Crippen molar-refractivity contribution in [2.24, 2.45) is 0 Å². The van der Waals surface area contributed by atoms with Gasteiger partial charge in [0, 0.05) is 12.1 Å². The molecule has 1 atom stereocenters. The van der Waals surface area contributed by atoms with Gasteiger partial charge in [-0.2, -0.15) is 5.32 Å². The zero-order valence-corrected chi connectivity index (χ0v) is 5.42. The molecule has 0 saturated carbocycles. The molecule has 10 heavy (non-hydrogen) atoms. The summed E-state index contributed by atoms with van der Waals surface area (Å²) in [4.78, 5) is 0. The van der Waals surface area contributed by atoms with Gasteiger partial charge in [-0.1, -0.05) is 24.3 Å². The predicted molar refractivity (Wildman–Crippen MR) is 36.1 cm³/mol. The van der Waals surface area contributed by atoms with Gasteiger partial charge < -0.3 is 0 Å². The highest BCUT2D eigenvalue weighted by atomic mass is 19.1. The van der Waals surface area contributed by atoms with Crippen LogP contribution in [0.3, 0.4) is 0 Å². The van der Waals surface area contributed by atoms with Crippen molar-refractivity contribution in [2.45, 2.75) is 12.8 Å². The number of rotatable bonds is 0. The molecule has 0 amide bonds. The maximum Gasteiger partial charge on any atom is 0.192 e. The number of alkyl halides is 1. The van der Waals surface area contributed by atoms with E-state index in [4.69, 9.17) is 0 Å². The number of fused-ring (bicyclic) bond motifs is 1. The van der Waals surface area contributed by atoms with Gasteiger partial charge in [0.25, 0.3) is 0 Å². The summed E-state index contributed by atoms with van der Waals surface area (Å²) in [6.07, 6.45) is -1.07. The summed E-state index contributed by atoms with van der Waals surface area (Å²) < 4.78 is 12.7. The van der Waals surface area contributed by atoms with Crippen molar-refractivity contribution in [1.82, 2.24) is 5.32 Å². The summed E-state index contributed by atoms with van der Waals surface area (Å²) in [6, 6.07) is 7.45. The van der Waals surface area contributed by atoms with Gasteiger partial charge in [0.05, 0.1) is 0 Å². The molecule has 1 heterocycles. The Morgan fingerprint density at radius 3 is 3.00 bits per heavy atom. The smallest absolute Gasteiger partial charge is 0.192 e. The van der Waals surface area contributed by atoms with E-state index < -0.39 is 6.30 Å². The van der Waals surface area contributed by atoms with Gasteiger partial charge in [0.1, 0.15) is 0 Å². The fourth-order valence-electron chi connectivity index (χ4n) is 1.19. The molecule has 1 aliphatic heterocycles. The number of halogens is 1. The van der Waals surface area contributed by atoms with E-state index >= 15 is 0 Å². The molecule has 0 fully saturated rings. The molecule has 1 aromatic rings. The van der Waals surface area contributed by atoms with Gasteiger partial charge in [0.15, 0.2) is 6.30 Å². The third kappa shape index (κ3) is 0.727. The van der Waals surface area contributed by atoms with E-state index in [0.717, 1.165) is 11.1 Å². The summed E-state index contributed by atoms with van der Waals surface area (Å²) in [5.41, 5.74) is 1.76. The monoisotopic (exact) mass is 136 g/mol. The molecule has 51 valence electrons. The first kappa shape index (κ1) is 5.86. The Balaban J connectivity index is 2.51. The van der Waals surface area contributed by atoms with Gasteiger partial charge in [-0.3, -0.25) is 0 Å². The second-order valence-electron chi connectivity index (χ2n) is 2.38. The normalized spacial score (nSPS) is 22.7. The molecule has 0 aliphatic carbocycles. The average Bonchev–Trinajstić information content (AvgIpc) is 2.34. The van der Waals surface area contributed by atoms with Crippen LogP contribution in [0, 0.1) is 0 Å². The van der Waals surface area contributed by atoms with Gasteiger partial charge in [-0.05, 0) is 5.56 Å². The van der Waals surface area contributed by atoms with Gasteiger partial charge in [-0.15, -0.1) is 0 Å². The van der Waals surface area contributed by atoms with Crippen LogP contribution in [0.15, 0.2) is 24.3 Å². The van der Waals surface area contributed by atoms with Crippen molar-refractivity contribution in [2.75, 3.05) is 0 Å². The number of benzene rings is 1.